The topological polar surface area (TPSA) is 83.7 Å². The average molecular weight is 359 g/mol. The zero-order valence-electron chi connectivity index (χ0n) is 15.9. The maximum Gasteiger partial charge on any atom is 0.191 e. The second-order valence-electron chi connectivity index (χ2n) is 6.28. The first-order chi connectivity index (χ1) is 12.5. The Kier molecular flexibility index (Phi) is 7.47. The van der Waals surface area contributed by atoms with E-state index in [2.05, 4.69) is 20.7 Å². The standard InChI is InChI=1S/C19H29N5O2/c1-5-20-19(21-12-16-9-10-23-24(16)4)22-13-18(25)15-7-6-8-17(11-15)26-14(2)3/h6-11,14,18,25H,5,12-13H2,1-4H3,(H2,20,21,22). The van der Waals surface area contributed by atoms with E-state index in [9.17, 15) is 5.11 Å². The number of aromatic nitrogens is 2. The molecular weight excluding hydrogens is 330 g/mol. The van der Waals surface area contributed by atoms with Crippen molar-refractivity contribution in [2.45, 2.75) is 39.5 Å². The number of guanidine groups is 1. The van der Waals surface area contributed by atoms with E-state index in [4.69, 9.17) is 4.74 Å². The van der Waals surface area contributed by atoms with Gasteiger partial charge in [0.25, 0.3) is 0 Å². The fourth-order valence-electron chi connectivity index (χ4n) is 2.44. The number of hydrogen-bond acceptors (Lipinski definition) is 4. The molecule has 0 radical (unpaired) electrons. The van der Waals surface area contributed by atoms with Gasteiger partial charge in [-0.3, -0.25) is 4.68 Å². The van der Waals surface area contributed by atoms with Gasteiger partial charge in [-0.25, -0.2) is 4.99 Å². The highest BCUT2D eigenvalue weighted by Crippen LogP contribution is 2.19. The summed E-state index contributed by atoms with van der Waals surface area (Å²) in [6.45, 7) is 7.57. The largest absolute Gasteiger partial charge is 0.491 e. The maximum atomic E-state index is 10.5. The molecule has 7 heteroatoms. The number of aliphatic hydroxyl groups excluding tert-OH is 1. The van der Waals surface area contributed by atoms with Gasteiger partial charge >= 0.3 is 0 Å². The van der Waals surface area contributed by atoms with Crippen molar-refractivity contribution < 1.29 is 9.84 Å². The predicted octanol–water partition coefficient (Wildman–Crippen LogP) is 2.00. The molecule has 1 atom stereocenters. The third kappa shape index (κ3) is 6.07. The molecule has 0 amide bonds. The fourth-order valence-corrected chi connectivity index (χ4v) is 2.44. The zero-order valence-corrected chi connectivity index (χ0v) is 15.9. The first-order valence-electron chi connectivity index (χ1n) is 8.93. The van der Waals surface area contributed by atoms with E-state index in [1.165, 1.54) is 0 Å². The lowest BCUT2D eigenvalue weighted by molar-refractivity contribution is 0.179. The van der Waals surface area contributed by atoms with Gasteiger partial charge in [0.2, 0.25) is 0 Å². The first kappa shape index (κ1) is 19.8. The summed E-state index contributed by atoms with van der Waals surface area (Å²) in [5, 5.41) is 21.0. The van der Waals surface area contributed by atoms with Crippen LogP contribution in [0.3, 0.4) is 0 Å². The van der Waals surface area contributed by atoms with E-state index < -0.39 is 6.10 Å². The molecule has 26 heavy (non-hydrogen) atoms. The minimum Gasteiger partial charge on any atom is -0.491 e. The molecule has 0 saturated carbocycles. The lowest BCUT2D eigenvalue weighted by Gasteiger charge is -2.17. The molecule has 0 aliphatic heterocycles. The lowest BCUT2D eigenvalue weighted by atomic mass is 10.1. The van der Waals surface area contributed by atoms with Crippen LogP contribution in [-0.4, -0.2) is 40.0 Å². The van der Waals surface area contributed by atoms with Crippen LogP contribution in [0.25, 0.3) is 0 Å². The summed E-state index contributed by atoms with van der Waals surface area (Å²) in [7, 11) is 1.89. The summed E-state index contributed by atoms with van der Waals surface area (Å²) in [6, 6.07) is 9.47. The van der Waals surface area contributed by atoms with Crippen molar-refractivity contribution in [1.82, 2.24) is 20.4 Å². The normalized spacial score (nSPS) is 12.9. The summed E-state index contributed by atoms with van der Waals surface area (Å²) in [6.07, 6.45) is 1.19. The first-order valence-corrected chi connectivity index (χ1v) is 8.93. The van der Waals surface area contributed by atoms with Crippen LogP contribution in [0.2, 0.25) is 0 Å². The second-order valence-corrected chi connectivity index (χ2v) is 6.28. The Morgan fingerprint density at radius 3 is 2.77 bits per heavy atom. The van der Waals surface area contributed by atoms with E-state index in [0.29, 0.717) is 19.0 Å². The van der Waals surface area contributed by atoms with Crippen LogP contribution in [0.15, 0.2) is 41.5 Å². The van der Waals surface area contributed by atoms with Crippen molar-refractivity contribution in [3.05, 3.63) is 47.8 Å². The van der Waals surface area contributed by atoms with E-state index >= 15 is 0 Å². The number of hydrogen-bond donors (Lipinski definition) is 3. The molecule has 2 rings (SSSR count). The van der Waals surface area contributed by atoms with E-state index in [-0.39, 0.29) is 6.10 Å². The van der Waals surface area contributed by atoms with E-state index in [1.807, 2.05) is 58.2 Å². The third-order valence-electron chi connectivity index (χ3n) is 3.74. The molecule has 1 heterocycles. The van der Waals surface area contributed by atoms with Crippen LogP contribution in [0.4, 0.5) is 0 Å². The number of aliphatic hydroxyl groups is 1. The predicted molar refractivity (Wildman–Crippen MR) is 103 cm³/mol. The number of benzene rings is 1. The molecule has 0 spiro atoms. The van der Waals surface area contributed by atoms with Crippen LogP contribution in [0.1, 0.15) is 38.1 Å². The maximum absolute atomic E-state index is 10.5. The molecule has 3 N–H and O–H groups in total. The van der Waals surface area contributed by atoms with Gasteiger partial charge in [0.05, 0.1) is 24.4 Å². The van der Waals surface area contributed by atoms with E-state index in [1.54, 1.807) is 10.9 Å². The molecule has 2 aromatic rings. The lowest BCUT2D eigenvalue weighted by Crippen LogP contribution is -2.39. The molecule has 1 aromatic carbocycles. The smallest absolute Gasteiger partial charge is 0.191 e. The van der Waals surface area contributed by atoms with Crippen LogP contribution in [0, 0.1) is 0 Å². The van der Waals surface area contributed by atoms with Gasteiger partial charge in [-0.1, -0.05) is 12.1 Å². The zero-order chi connectivity index (χ0) is 18.9. The van der Waals surface area contributed by atoms with Crippen molar-refractivity contribution >= 4 is 5.96 Å². The highest BCUT2D eigenvalue weighted by Gasteiger charge is 2.10. The molecule has 7 nitrogen and oxygen atoms in total. The average Bonchev–Trinajstić information content (AvgIpc) is 3.01. The Labute approximate surface area is 155 Å². The van der Waals surface area contributed by atoms with Crippen molar-refractivity contribution in [2.24, 2.45) is 12.0 Å². The van der Waals surface area contributed by atoms with Gasteiger partial charge in [0.15, 0.2) is 5.96 Å². The second kappa shape index (κ2) is 9.82. The number of rotatable bonds is 8. The SMILES string of the molecule is CCNC(=NCc1ccnn1C)NCC(O)c1cccc(OC(C)C)c1. The van der Waals surface area contributed by atoms with Crippen LogP contribution >= 0.6 is 0 Å². The van der Waals surface area contributed by atoms with Gasteiger partial charge in [0, 0.05) is 26.3 Å². The van der Waals surface area contributed by atoms with Crippen molar-refractivity contribution in [1.29, 1.82) is 0 Å². The summed E-state index contributed by atoms with van der Waals surface area (Å²) in [4.78, 5) is 4.54. The minimum atomic E-state index is -0.661. The molecule has 0 fully saturated rings. The Morgan fingerprint density at radius 1 is 1.31 bits per heavy atom. The third-order valence-corrected chi connectivity index (χ3v) is 3.74. The van der Waals surface area contributed by atoms with Crippen molar-refractivity contribution in [2.75, 3.05) is 13.1 Å². The molecule has 0 saturated heterocycles. The van der Waals surface area contributed by atoms with Gasteiger partial charge in [-0.2, -0.15) is 5.10 Å². The minimum absolute atomic E-state index is 0.0972. The number of ether oxygens (including phenoxy) is 1. The highest BCUT2D eigenvalue weighted by molar-refractivity contribution is 5.79. The summed E-state index contributed by atoms with van der Waals surface area (Å²) in [5.74, 6) is 1.41. The molecule has 1 unspecified atom stereocenters. The highest BCUT2D eigenvalue weighted by atomic mass is 16.5. The van der Waals surface area contributed by atoms with Gasteiger partial charge in [0.1, 0.15) is 5.75 Å². The van der Waals surface area contributed by atoms with Crippen LogP contribution in [0.5, 0.6) is 5.75 Å². The molecule has 142 valence electrons. The molecule has 1 aromatic heterocycles. The van der Waals surface area contributed by atoms with Crippen LogP contribution < -0.4 is 15.4 Å². The Bertz CT molecular complexity index is 711. The number of aryl methyl sites for hydroxylation is 1. The van der Waals surface area contributed by atoms with Crippen LogP contribution in [-0.2, 0) is 13.6 Å². The summed E-state index contributed by atoms with van der Waals surface area (Å²) >= 11 is 0. The summed E-state index contributed by atoms with van der Waals surface area (Å²) in [5.41, 5.74) is 1.82. The molecule has 0 aliphatic carbocycles. The Hall–Kier alpha value is -2.54. The molecule has 0 aliphatic rings. The number of nitrogens with zero attached hydrogens (tertiary/aromatic N) is 3. The van der Waals surface area contributed by atoms with Gasteiger partial charge in [-0.05, 0) is 44.5 Å². The monoisotopic (exact) mass is 359 g/mol. The quantitative estimate of drug-likeness (QED) is 0.496. The van der Waals surface area contributed by atoms with Crippen molar-refractivity contribution in [3.63, 3.8) is 0 Å². The van der Waals surface area contributed by atoms with Gasteiger partial charge in [-0.15, -0.1) is 0 Å². The number of nitrogens with one attached hydrogen (secondary N) is 2. The molecule has 0 bridgehead atoms. The Balaban J connectivity index is 1.96. The molecular formula is C19H29N5O2. The van der Waals surface area contributed by atoms with Crippen molar-refractivity contribution in [3.8, 4) is 5.75 Å². The fraction of sp³-hybridized carbons (Fsp3) is 0.474. The van der Waals surface area contributed by atoms with Gasteiger partial charge < -0.3 is 20.5 Å². The number of aliphatic imine (C=N–C) groups is 1. The Morgan fingerprint density at radius 2 is 2.12 bits per heavy atom. The summed E-state index contributed by atoms with van der Waals surface area (Å²) < 4.78 is 7.48. The van der Waals surface area contributed by atoms with E-state index in [0.717, 1.165) is 23.6 Å².